The van der Waals surface area contributed by atoms with Crippen molar-refractivity contribution >= 4 is 22.4 Å². The summed E-state index contributed by atoms with van der Waals surface area (Å²) >= 11 is 5.78. The number of pyridine rings is 1. The molecule has 1 aliphatic heterocycles. The smallest absolute Gasteiger partial charge is 0.162 e. The maximum absolute atomic E-state index is 5.78. The lowest BCUT2D eigenvalue weighted by molar-refractivity contribution is 0.172. The summed E-state index contributed by atoms with van der Waals surface area (Å²) in [6.07, 6.45) is 2.57. The van der Waals surface area contributed by atoms with Gasteiger partial charge in [0.05, 0.1) is 0 Å². The highest BCUT2D eigenvalue weighted by Crippen LogP contribution is 2.35. The molecule has 0 amide bonds. The Kier molecular flexibility index (Phi) is 2.77. The summed E-state index contributed by atoms with van der Waals surface area (Å²) in [6.45, 7) is 1.21. The minimum atomic E-state index is 0.570. The van der Waals surface area contributed by atoms with Crippen LogP contribution in [0.15, 0.2) is 24.4 Å². The van der Waals surface area contributed by atoms with Crippen LogP contribution in [0.3, 0.4) is 0 Å². The highest BCUT2D eigenvalue weighted by atomic mass is 35.5. The summed E-state index contributed by atoms with van der Waals surface area (Å²) in [5, 5.41) is 2.21. The zero-order valence-corrected chi connectivity index (χ0v) is 10.0. The molecule has 0 saturated carbocycles. The van der Waals surface area contributed by atoms with Gasteiger partial charge in [-0.1, -0.05) is 0 Å². The van der Waals surface area contributed by atoms with Gasteiger partial charge in [-0.2, -0.15) is 0 Å². The Morgan fingerprint density at radius 1 is 1.18 bits per heavy atom. The van der Waals surface area contributed by atoms with Gasteiger partial charge in [0.25, 0.3) is 0 Å². The van der Waals surface area contributed by atoms with Gasteiger partial charge < -0.3 is 9.47 Å². The van der Waals surface area contributed by atoms with Crippen LogP contribution in [0.1, 0.15) is 5.69 Å². The van der Waals surface area contributed by atoms with Crippen molar-refractivity contribution in [2.24, 2.45) is 0 Å². The molecule has 0 fully saturated rings. The van der Waals surface area contributed by atoms with Crippen LogP contribution in [0.2, 0.25) is 0 Å². The Balaban J connectivity index is 2.19. The molecule has 1 aromatic carbocycles. The van der Waals surface area contributed by atoms with E-state index in [4.69, 9.17) is 21.1 Å². The highest BCUT2D eigenvalue weighted by molar-refractivity contribution is 6.18. The van der Waals surface area contributed by atoms with Crippen molar-refractivity contribution in [1.29, 1.82) is 0 Å². The van der Waals surface area contributed by atoms with Gasteiger partial charge in [0.2, 0.25) is 0 Å². The Labute approximate surface area is 104 Å². The normalized spacial score (nSPS) is 13.9. The molecule has 17 heavy (non-hydrogen) atoms. The molecular weight excluding hydrogens is 238 g/mol. The van der Waals surface area contributed by atoms with E-state index in [2.05, 4.69) is 4.98 Å². The third-order valence-electron chi connectivity index (χ3n) is 2.84. The number of rotatable bonds is 2. The summed E-state index contributed by atoms with van der Waals surface area (Å²) in [5.74, 6) is 2.18. The first-order valence-corrected chi connectivity index (χ1v) is 6.15. The maximum atomic E-state index is 5.78. The van der Waals surface area contributed by atoms with E-state index in [9.17, 15) is 0 Å². The largest absolute Gasteiger partial charge is 0.486 e. The van der Waals surface area contributed by atoms with Crippen molar-refractivity contribution in [1.82, 2.24) is 4.98 Å². The Morgan fingerprint density at radius 3 is 2.71 bits per heavy atom. The summed E-state index contributed by atoms with van der Waals surface area (Å²) in [4.78, 5) is 4.36. The zero-order valence-electron chi connectivity index (χ0n) is 9.28. The van der Waals surface area contributed by atoms with Crippen LogP contribution in [0, 0.1) is 0 Å². The van der Waals surface area contributed by atoms with E-state index >= 15 is 0 Å². The topological polar surface area (TPSA) is 31.4 Å². The third kappa shape index (κ3) is 1.91. The third-order valence-corrected chi connectivity index (χ3v) is 3.03. The lowest BCUT2D eigenvalue weighted by Gasteiger charge is -2.19. The SMILES string of the molecule is ClCCc1nccc2cc3c(cc12)OCCO3. The van der Waals surface area contributed by atoms with Crippen molar-refractivity contribution < 1.29 is 9.47 Å². The van der Waals surface area contributed by atoms with Gasteiger partial charge >= 0.3 is 0 Å². The summed E-state index contributed by atoms with van der Waals surface area (Å²) in [7, 11) is 0. The monoisotopic (exact) mass is 249 g/mol. The van der Waals surface area contributed by atoms with Gasteiger partial charge in [-0.3, -0.25) is 4.98 Å². The molecule has 0 aliphatic carbocycles. The lowest BCUT2D eigenvalue weighted by Crippen LogP contribution is -2.15. The van der Waals surface area contributed by atoms with E-state index in [1.54, 1.807) is 6.20 Å². The van der Waals surface area contributed by atoms with Crippen molar-refractivity contribution in [2.45, 2.75) is 6.42 Å². The van der Waals surface area contributed by atoms with Crippen LogP contribution in [-0.4, -0.2) is 24.1 Å². The van der Waals surface area contributed by atoms with E-state index in [1.807, 2.05) is 18.2 Å². The minimum absolute atomic E-state index is 0.570. The number of hydrogen-bond donors (Lipinski definition) is 0. The van der Waals surface area contributed by atoms with E-state index in [0.29, 0.717) is 19.1 Å². The quantitative estimate of drug-likeness (QED) is 0.767. The van der Waals surface area contributed by atoms with E-state index in [0.717, 1.165) is 34.4 Å². The average Bonchev–Trinajstić information content (AvgIpc) is 2.37. The standard InChI is InChI=1S/C13H12ClNO2/c14-3-1-11-10-8-13-12(16-5-6-17-13)7-9(10)2-4-15-11/h2,4,7-8H,1,3,5-6H2. The number of benzene rings is 1. The van der Waals surface area contributed by atoms with Gasteiger partial charge in [-0.05, 0) is 23.6 Å². The first kappa shape index (κ1) is 10.7. The molecule has 2 heterocycles. The minimum Gasteiger partial charge on any atom is -0.486 e. The van der Waals surface area contributed by atoms with Gasteiger partial charge in [-0.15, -0.1) is 11.6 Å². The summed E-state index contributed by atoms with van der Waals surface area (Å²) < 4.78 is 11.1. The molecule has 0 saturated heterocycles. The molecular formula is C13H12ClNO2. The molecule has 0 N–H and O–H groups in total. The molecule has 4 heteroatoms. The Bertz CT molecular complexity index is 556. The van der Waals surface area contributed by atoms with Crippen molar-refractivity contribution in [3.63, 3.8) is 0 Å². The molecule has 0 bridgehead atoms. The van der Waals surface area contributed by atoms with Crippen molar-refractivity contribution in [3.05, 3.63) is 30.1 Å². The average molecular weight is 250 g/mol. The second kappa shape index (κ2) is 4.41. The number of hydrogen-bond acceptors (Lipinski definition) is 3. The van der Waals surface area contributed by atoms with Gasteiger partial charge in [0.15, 0.2) is 11.5 Å². The summed E-state index contributed by atoms with van der Waals surface area (Å²) in [5.41, 5.74) is 1.01. The second-order valence-corrected chi connectivity index (χ2v) is 4.29. The molecule has 1 aliphatic rings. The molecule has 3 nitrogen and oxygen atoms in total. The number of nitrogens with zero attached hydrogens (tertiary/aromatic N) is 1. The fourth-order valence-corrected chi connectivity index (χ4v) is 2.24. The fourth-order valence-electron chi connectivity index (χ4n) is 2.06. The second-order valence-electron chi connectivity index (χ2n) is 3.91. The van der Waals surface area contributed by atoms with Crippen LogP contribution in [-0.2, 0) is 6.42 Å². The molecule has 0 atom stereocenters. The molecule has 1 aromatic heterocycles. The van der Waals surface area contributed by atoms with E-state index < -0.39 is 0 Å². The Hall–Kier alpha value is -1.48. The molecule has 2 aromatic rings. The number of ether oxygens (including phenoxy) is 2. The first-order chi connectivity index (χ1) is 8.38. The number of fused-ring (bicyclic) bond motifs is 2. The Morgan fingerprint density at radius 2 is 1.94 bits per heavy atom. The van der Waals surface area contributed by atoms with Gasteiger partial charge in [-0.25, -0.2) is 0 Å². The molecule has 0 radical (unpaired) electrons. The summed E-state index contributed by atoms with van der Waals surface area (Å²) in [6, 6.07) is 5.98. The molecule has 0 unspecified atom stereocenters. The highest BCUT2D eigenvalue weighted by Gasteiger charge is 2.14. The molecule has 3 rings (SSSR count). The van der Waals surface area contributed by atoms with Gasteiger partial charge in [0, 0.05) is 29.6 Å². The van der Waals surface area contributed by atoms with Crippen LogP contribution >= 0.6 is 11.6 Å². The van der Waals surface area contributed by atoms with Crippen LogP contribution < -0.4 is 9.47 Å². The fraction of sp³-hybridized carbons (Fsp3) is 0.308. The maximum Gasteiger partial charge on any atom is 0.162 e. The van der Waals surface area contributed by atoms with Crippen molar-refractivity contribution in [2.75, 3.05) is 19.1 Å². The number of aryl methyl sites for hydroxylation is 1. The zero-order chi connectivity index (χ0) is 11.7. The van der Waals surface area contributed by atoms with Crippen LogP contribution in [0.5, 0.6) is 11.5 Å². The van der Waals surface area contributed by atoms with Gasteiger partial charge in [0.1, 0.15) is 13.2 Å². The van der Waals surface area contributed by atoms with E-state index in [-0.39, 0.29) is 0 Å². The van der Waals surface area contributed by atoms with Crippen LogP contribution in [0.4, 0.5) is 0 Å². The predicted octanol–water partition coefficient (Wildman–Crippen LogP) is 2.79. The number of aromatic nitrogens is 1. The predicted molar refractivity (Wildman–Crippen MR) is 67.2 cm³/mol. The van der Waals surface area contributed by atoms with Crippen molar-refractivity contribution in [3.8, 4) is 11.5 Å². The first-order valence-electron chi connectivity index (χ1n) is 5.61. The van der Waals surface area contributed by atoms with Crippen LogP contribution in [0.25, 0.3) is 10.8 Å². The lowest BCUT2D eigenvalue weighted by atomic mass is 10.1. The number of alkyl halides is 1. The number of halogens is 1. The van der Waals surface area contributed by atoms with E-state index in [1.165, 1.54) is 0 Å². The molecule has 88 valence electrons. The molecule has 0 spiro atoms.